The summed E-state index contributed by atoms with van der Waals surface area (Å²) in [6, 6.07) is 6.69. The van der Waals surface area contributed by atoms with Gasteiger partial charge in [0.1, 0.15) is 0 Å². The maximum atomic E-state index is 14.0. The number of aryl methyl sites for hydroxylation is 1. The van der Waals surface area contributed by atoms with Crippen LogP contribution in [0, 0.1) is 30.1 Å². The van der Waals surface area contributed by atoms with E-state index < -0.39 is 23.8 Å². The van der Waals surface area contributed by atoms with E-state index >= 15 is 0 Å². The van der Waals surface area contributed by atoms with Crippen LogP contribution in [-0.2, 0) is 19.2 Å². The first kappa shape index (κ1) is 26.6. The zero-order valence-corrected chi connectivity index (χ0v) is 23.7. The number of hydrogen-bond donors (Lipinski definition) is 0. The Labute approximate surface area is 207 Å². The molecule has 2 unspecified atom stereocenters. The SMILES string of the molecule is CC#CC1C(C)=C(O[Si](C)(C)C(C)(C)C)CCC12CCCN(S(=O)(=O)c1ccc(C)cc1)C2=O. The molecule has 2 atom stereocenters. The number of benzene rings is 1. The summed E-state index contributed by atoms with van der Waals surface area (Å²) >= 11 is 0. The van der Waals surface area contributed by atoms with Gasteiger partial charge in [0.05, 0.1) is 22.0 Å². The minimum Gasteiger partial charge on any atom is -0.547 e. The van der Waals surface area contributed by atoms with Gasteiger partial charge in [-0.1, -0.05) is 44.4 Å². The minimum absolute atomic E-state index is 0.0565. The standard InChI is InChI=1S/C27H39NO4SSi/c1-9-11-23-21(3)24(32-34(7,8)26(4,5)6)16-18-27(23)17-10-19-28(25(27)29)33(30,31)22-14-12-20(2)13-15-22/h12-15,23H,10,16-19H2,1-8H3. The second kappa shape index (κ2) is 9.20. The van der Waals surface area contributed by atoms with Crippen molar-refractivity contribution in [3.8, 4) is 11.8 Å². The molecule has 1 aromatic rings. The highest BCUT2D eigenvalue weighted by Crippen LogP contribution is 2.52. The molecular formula is C27H39NO4SSi. The van der Waals surface area contributed by atoms with Gasteiger partial charge in [-0.25, -0.2) is 12.7 Å². The van der Waals surface area contributed by atoms with Gasteiger partial charge in [0, 0.05) is 13.0 Å². The molecule has 1 heterocycles. The number of piperidine rings is 1. The molecule has 1 aliphatic carbocycles. The van der Waals surface area contributed by atoms with Gasteiger partial charge in [-0.15, -0.1) is 5.92 Å². The zero-order chi connectivity index (χ0) is 25.5. The van der Waals surface area contributed by atoms with Crippen molar-refractivity contribution in [3.63, 3.8) is 0 Å². The van der Waals surface area contributed by atoms with Gasteiger partial charge in [-0.05, 0) is 75.9 Å². The van der Waals surface area contributed by atoms with E-state index in [9.17, 15) is 13.2 Å². The Morgan fingerprint density at radius 2 is 1.74 bits per heavy atom. The predicted molar refractivity (Wildman–Crippen MR) is 139 cm³/mol. The molecule has 7 heteroatoms. The topological polar surface area (TPSA) is 63.7 Å². The molecule has 1 aliphatic heterocycles. The quantitative estimate of drug-likeness (QED) is 0.374. The molecule has 186 valence electrons. The summed E-state index contributed by atoms with van der Waals surface area (Å²) in [5.74, 6) is 6.57. The highest BCUT2D eigenvalue weighted by Gasteiger charge is 2.55. The van der Waals surface area contributed by atoms with Crippen molar-refractivity contribution in [2.75, 3.05) is 6.54 Å². The van der Waals surface area contributed by atoms with Crippen molar-refractivity contribution in [2.24, 2.45) is 11.3 Å². The van der Waals surface area contributed by atoms with Crippen LogP contribution in [0.15, 0.2) is 40.5 Å². The lowest BCUT2D eigenvalue weighted by atomic mass is 9.62. The Hall–Kier alpha value is -2.04. The first-order chi connectivity index (χ1) is 15.7. The average Bonchev–Trinajstić information content (AvgIpc) is 2.74. The van der Waals surface area contributed by atoms with Crippen molar-refractivity contribution in [1.29, 1.82) is 0 Å². The van der Waals surface area contributed by atoms with E-state index in [0.29, 0.717) is 25.7 Å². The van der Waals surface area contributed by atoms with Gasteiger partial charge in [0.15, 0.2) is 0 Å². The Morgan fingerprint density at radius 1 is 1.12 bits per heavy atom. The van der Waals surface area contributed by atoms with Gasteiger partial charge >= 0.3 is 0 Å². The number of allylic oxidation sites excluding steroid dienone is 2. The van der Waals surface area contributed by atoms with Crippen LogP contribution in [0.2, 0.25) is 18.1 Å². The van der Waals surface area contributed by atoms with E-state index in [-0.39, 0.29) is 28.3 Å². The van der Waals surface area contributed by atoms with E-state index in [2.05, 4.69) is 45.7 Å². The maximum absolute atomic E-state index is 14.0. The molecule has 0 aromatic heterocycles. The van der Waals surface area contributed by atoms with Gasteiger partial charge < -0.3 is 4.43 Å². The van der Waals surface area contributed by atoms with Crippen molar-refractivity contribution >= 4 is 24.2 Å². The Morgan fingerprint density at radius 3 is 2.29 bits per heavy atom. The van der Waals surface area contributed by atoms with Crippen molar-refractivity contribution in [3.05, 3.63) is 41.2 Å². The summed E-state index contributed by atoms with van der Waals surface area (Å²) in [4.78, 5) is 14.2. The van der Waals surface area contributed by atoms with E-state index in [1.54, 1.807) is 31.2 Å². The monoisotopic (exact) mass is 501 g/mol. The van der Waals surface area contributed by atoms with Crippen molar-refractivity contribution < 1.29 is 17.6 Å². The molecule has 1 amide bonds. The molecule has 1 spiro atoms. The van der Waals surface area contributed by atoms with Crippen LogP contribution >= 0.6 is 0 Å². The number of sulfonamides is 1. The minimum atomic E-state index is -3.93. The summed E-state index contributed by atoms with van der Waals surface area (Å²) < 4.78 is 34.8. The number of hydrogen-bond acceptors (Lipinski definition) is 4. The first-order valence-electron chi connectivity index (χ1n) is 12.1. The smallest absolute Gasteiger partial charge is 0.266 e. The van der Waals surface area contributed by atoms with Crippen LogP contribution in [0.3, 0.4) is 0 Å². The third-order valence-electron chi connectivity index (χ3n) is 7.94. The Bertz CT molecular complexity index is 1150. The van der Waals surface area contributed by atoms with Crippen LogP contribution in [0.25, 0.3) is 0 Å². The second-order valence-electron chi connectivity index (χ2n) is 11.3. The van der Waals surface area contributed by atoms with E-state index in [0.717, 1.165) is 21.2 Å². The summed E-state index contributed by atoms with van der Waals surface area (Å²) in [6.45, 7) is 17.0. The van der Waals surface area contributed by atoms with Crippen LogP contribution < -0.4 is 0 Å². The molecule has 0 saturated carbocycles. The first-order valence-corrected chi connectivity index (χ1v) is 16.5. The molecule has 2 aliphatic rings. The summed E-state index contributed by atoms with van der Waals surface area (Å²) in [6.07, 6.45) is 2.44. The number of rotatable bonds is 4. The molecule has 0 radical (unpaired) electrons. The van der Waals surface area contributed by atoms with E-state index in [1.807, 2.05) is 13.8 Å². The highest BCUT2D eigenvalue weighted by atomic mass is 32.2. The molecule has 1 fully saturated rings. The molecule has 0 bridgehead atoms. The van der Waals surface area contributed by atoms with Gasteiger partial charge in [-0.3, -0.25) is 4.79 Å². The summed E-state index contributed by atoms with van der Waals surface area (Å²) in [5, 5.41) is 0.0565. The fourth-order valence-electron chi connectivity index (χ4n) is 4.80. The molecule has 3 rings (SSSR count). The lowest BCUT2D eigenvalue weighted by Crippen LogP contribution is -2.55. The third-order valence-corrected chi connectivity index (χ3v) is 14.1. The van der Waals surface area contributed by atoms with Gasteiger partial charge in [-0.2, -0.15) is 0 Å². The van der Waals surface area contributed by atoms with Crippen molar-refractivity contribution in [2.45, 2.75) is 90.3 Å². The molecule has 5 nitrogen and oxygen atoms in total. The lowest BCUT2D eigenvalue weighted by Gasteiger charge is -2.48. The third kappa shape index (κ3) is 4.59. The lowest BCUT2D eigenvalue weighted by molar-refractivity contribution is -0.143. The second-order valence-corrected chi connectivity index (χ2v) is 17.8. The summed E-state index contributed by atoms with van der Waals surface area (Å²) in [5.41, 5.74) is 1.11. The van der Waals surface area contributed by atoms with E-state index in [1.165, 1.54) is 0 Å². The predicted octanol–water partition coefficient (Wildman–Crippen LogP) is 6.02. The Balaban J connectivity index is 2.02. The molecule has 34 heavy (non-hydrogen) atoms. The normalized spacial score (nSPS) is 24.2. The number of nitrogens with zero attached hydrogens (tertiary/aromatic N) is 1. The number of carbonyl (C=O) groups excluding carboxylic acids is 1. The zero-order valence-electron chi connectivity index (χ0n) is 21.9. The number of carbonyl (C=O) groups is 1. The fraction of sp³-hybridized carbons (Fsp3) is 0.593. The molecule has 1 saturated heterocycles. The van der Waals surface area contributed by atoms with Gasteiger partial charge in [0.2, 0.25) is 14.2 Å². The van der Waals surface area contributed by atoms with Gasteiger partial charge in [0.25, 0.3) is 10.0 Å². The Kier molecular flexibility index (Phi) is 7.19. The highest BCUT2D eigenvalue weighted by molar-refractivity contribution is 7.89. The van der Waals surface area contributed by atoms with Crippen LogP contribution in [0.1, 0.15) is 65.9 Å². The van der Waals surface area contributed by atoms with Crippen LogP contribution in [-0.4, -0.2) is 33.5 Å². The maximum Gasteiger partial charge on any atom is 0.266 e. The van der Waals surface area contributed by atoms with Crippen molar-refractivity contribution in [1.82, 2.24) is 4.31 Å². The van der Waals surface area contributed by atoms with Crippen LogP contribution in [0.5, 0.6) is 0 Å². The van der Waals surface area contributed by atoms with Crippen LogP contribution in [0.4, 0.5) is 0 Å². The largest absolute Gasteiger partial charge is 0.547 e. The summed E-state index contributed by atoms with van der Waals surface area (Å²) in [7, 11) is -5.98. The number of amides is 1. The van der Waals surface area contributed by atoms with E-state index in [4.69, 9.17) is 4.43 Å². The average molecular weight is 502 g/mol. The molecule has 0 N–H and O–H groups in total. The fourth-order valence-corrected chi connectivity index (χ4v) is 7.49. The molecular weight excluding hydrogens is 462 g/mol. The molecule has 1 aromatic carbocycles.